The number of unbranched alkanes of at least 4 members (excludes halogenated alkanes) is 2. The van der Waals surface area contributed by atoms with Crippen LogP contribution in [0.15, 0.2) is 0 Å². The van der Waals surface area contributed by atoms with Crippen LogP contribution in [0.25, 0.3) is 0 Å². The minimum atomic E-state index is 0.694. The lowest BCUT2D eigenvalue weighted by atomic mass is 10.2. The summed E-state index contributed by atoms with van der Waals surface area (Å²) in [5, 5.41) is 4.53. The zero-order valence-corrected chi connectivity index (χ0v) is 11.4. The van der Waals surface area contributed by atoms with Gasteiger partial charge in [-0.25, -0.2) is 0 Å². The number of hydrogen-bond donors (Lipinski definition) is 1. The van der Waals surface area contributed by atoms with E-state index in [0.717, 1.165) is 31.4 Å². The molecular formula is C11H24BrNO2. The van der Waals surface area contributed by atoms with Crippen LogP contribution < -0.4 is 5.32 Å². The van der Waals surface area contributed by atoms with Crippen molar-refractivity contribution in [3.63, 3.8) is 0 Å². The second kappa shape index (κ2) is 14.4. The van der Waals surface area contributed by atoms with Crippen molar-refractivity contribution in [2.45, 2.75) is 25.7 Å². The van der Waals surface area contributed by atoms with Gasteiger partial charge in [-0.2, -0.15) is 0 Å². The van der Waals surface area contributed by atoms with Crippen LogP contribution in [0.5, 0.6) is 0 Å². The van der Waals surface area contributed by atoms with Gasteiger partial charge in [0.1, 0.15) is 0 Å². The predicted molar refractivity (Wildman–Crippen MR) is 67.8 cm³/mol. The third kappa shape index (κ3) is 14.4. The Labute approximate surface area is 102 Å². The summed E-state index contributed by atoms with van der Waals surface area (Å²) in [5.41, 5.74) is 0. The lowest BCUT2D eigenvalue weighted by Gasteiger charge is -2.05. The standard InChI is InChI=1S/C11H24BrNO2/c1-14-10-11-15-9-5-8-13-7-4-2-3-6-12/h13H,2-11H2,1H3. The highest BCUT2D eigenvalue weighted by Crippen LogP contribution is 1.96. The van der Waals surface area contributed by atoms with Crippen LogP contribution in [0.1, 0.15) is 25.7 Å². The van der Waals surface area contributed by atoms with Crippen molar-refractivity contribution in [2.24, 2.45) is 0 Å². The van der Waals surface area contributed by atoms with Crippen LogP contribution in [0.2, 0.25) is 0 Å². The topological polar surface area (TPSA) is 30.5 Å². The van der Waals surface area contributed by atoms with Gasteiger partial charge < -0.3 is 14.8 Å². The van der Waals surface area contributed by atoms with Gasteiger partial charge in [-0.05, 0) is 32.4 Å². The highest BCUT2D eigenvalue weighted by Gasteiger charge is 1.90. The van der Waals surface area contributed by atoms with E-state index in [-0.39, 0.29) is 0 Å². The zero-order valence-electron chi connectivity index (χ0n) is 9.77. The smallest absolute Gasteiger partial charge is 0.0700 e. The maximum Gasteiger partial charge on any atom is 0.0700 e. The molecule has 0 spiro atoms. The van der Waals surface area contributed by atoms with E-state index in [9.17, 15) is 0 Å². The minimum absolute atomic E-state index is 0.694. The fourth-order valence-corrected chi connectivity index (χ4v) is 1.59. The molecule has 0 aromatic carbocycles. The van der Waals surface area contributed by atoms with Gasteiger partial charge in [-0.3, -0.25) is 0 Å². The molecule has 0 radical (unpaired) electrons. The first kappa shape index (κ1) is 15.4. The van der Waals surface area contributed by atoms with Crippen LogP contribution in [0.4, 0.5) is 0 Å². The first-order valence-corrected chi connectivity index (χ1v) is 6.87. The van der Waals surface area contributed by atoms with Crippen LogP contribution in [0.3, 0.4) is 0 Å². The molecule has 0 unspecified atom stereocenters. The number of halogens is 1. The van der Waals surface area contributed by atoms with E-state index in [1.807, 2.05) is 0 Å². The Morgan fingerprint density at radius 2 is 1.73 bits per heavy atom. The van der Waals surface area contributed by atoms with E-state index < -0.39 is 0 Å². The van der Waals surface area contributed by atoms with Crippen molar-refractivity contribution in [3.05, 3.63) is 0 Å². The van der Waals surface area contributed by atoms with Crippen molar-refractivity contribution in [3.8, 4) is 0 Å². The molecule has 0 aliphatic heterocycles. The minimum Gasteiger partial charge on any atom is -0.382 e. The van der Waals surface area contributed by atoms with E-state index >= 15 is 0 Å². The Kier molecular flexibility index (Phi) is 14.7. The Balaban J connectivity index is 2.81. The molecule has 0 bridgehead atoms. The molecule has 0 aromatic rings. The van der Waals surface area contributed by atoms with Gasteiger partial charge >= 0.3 is 0 Å². The second-order valence-electron chi connectivity index (χ2n) is 3.46. The monoisotopic (exact) mass is 281 g/mol. The highest BCUT2D eigenvalue weighted by atomic mass is 79.9. The molecule has 0 aliphatic carbocycles. The fourth-order valence-electron chi connectivity index (χ4n) is 1.19. The summed E-state index contributed by atoms with van der Waals surface area (Å²) in [7, 11) is 1.69. The molecule has 0 saturated heterocycles. The molecule has 0 aliphatic rings. The van der Waals surface area contributed by atoms with Gasteiger partial charge in [0.2, 0.25) is 0 Å². The average molecular weight is 282 g/mol. The quantitative estimate of drug-likeness (QED) is 0.440. The number of rotatable bonds is 12. The maximum atomic E-state index is 5.35. The van der Waals surface area contributed by atoms with Crippen molar-refractivity contribution in [1.82, 2.24) is 5.32 Å². The van der Waals surface area contributed by atoms with Gasteiger partial charge in [-0.1, -0.05) is 22.4 Å². The van der Waals surface area contributed by atoms with E-state index in [1.54, 1.807) is 7.11 Å². The number of alkyl halides is 1. The average Bonchev–Trinajstić information content (AvgIpc) is 2.26. The first-order valence-electron chi connectivity index (χ1n) is 5.75. The van der Waals surface area contributed by atoms with E-state index in [2.05, 4.69) is 21.2 Å². The summed E-state index contributed by atoms with van der Waals surface area (Å²) in [5.74, 6) is 0. The van der Waals surface area contributed by atoms with Gasteiger partial charge in [0.15, 0.2) is 0 Å². The van der Waals surface area contributed by atoms with Crippen LogP contribution in [-0.4, -0.2) is 45.4 Å². The predicted octanol–water partition coefficient (Wildman–Crippen LogP) is 2.19. The number of hydrogen-bond acceptors (Lipinski definition) is 3. The molecule has 92 valence electrons. The van der Waals surface area contributed by atoms with E-state index in [0.29, 0.717) is 13.2 Å². The molecule has 0 fully saturated rings. The Morgan fingerprint density at radius 3 is 2.47 bits per heavy atom. The Hall–Kier alpha value is 0.360. The summed E-state index contributed by atoms with van der Waals surface area (Å²) >= 11 is 3.43. The number of nitrogens with one attached hydrogen (secondary N) is 1. The lowest BCUT2D eigenvalue weighted by Crippen LogP contribution is -2.18. The molecule has 15 heavy (non-hydrogen) atoms. The molecular weight excluding hydrogens is 258 g/mol. The van der Waals surface area contributed by atoms with E-state index in [1.165, 1.54) is 19.3 Å². The number of methoxy groups -OCH3 is 1. The molecule has 3 nitrogen and oxygen atoms in total. The molecule has 0 rings (SSSR count). The molecule has 0 heterocycles. The molecule has 0 aromatic heterocycles. The highest BCUT2D eigenvalue weighted by molar-refractivity contribution is 9.09. The largest absolute Gasteiger partial charge is 0.382 e. The normalized spacial score (nSPS) is 10.8. The zero-order chi connectivity index (χ0) is 11.2. The van der Waals surface area contributed by atoms with Gasteiger partial charge in [0.05, 0.1) is 13.2 Å². The van der Waals surface area contributed by atoms with Gasteiger partial charge in [-0.15, -0.1) is 0 Å². The van der Waals surface area contributed by atoms with Crippen molar-refractivity contribution >= 4 is 15.9 Å². The second-order valence-corrected chi connectivity index (χ2v) is 4.25. The first-order chi connectivity index (χ1) is 7.41. The van der Waals surface area contributed by atoms with Crippen LogP contribution >= 0.6 is 15.9 Å². The Morgan fingerprint density at radius 1 is 0.933 bits per heavy atom. The molecule has 0 amide bonds. The molecule has 4 heteroatoms. The summed E-state index contributed by atoms with van der Waals surface area (Å²) < 4.78 is 10.2. The van der Waals surface area contributed by atoms with Gasteiger partial charge in [0, 0.05) is 19.0 Å². The number of ether oxygens (including phenoxy) is 2. The summed E-state index contributed by atoms with van der Waals surface area (Å²) in [6.45, 7) is 4.42. The Bertz CT molecular complexity index is 103. The summed E-state index contributed by atoms with van der Waals surface area (Å²) in [4.78, 5) is 0. The molecule has 1 N–H and O–H groups in total. The van der Waals surface area contributed by atoms with Crippen LogP contribution in [-0.2, 0) is 9.47 Å². The van der Waals surface area contributed by atoms with E-state index in [4.69, 9.17) is 9.47 Å². The molecule has 0 saturated carbocycles. The maximum absolute atomic E-state index is 5.35. The van der Waals surface area contributed by atoms with Crippen LogP contribution in [0, 0.1) is 0 Å². The third-order valence-corrected chi connectivity index (χ3v) is 2.62. The fraction of sp³-hybridized carbons (Fsp3) is 1.00. The van der Waals surface area contributed by atoms with Crippen molar-refractivity contribution < 1.29 is 9.47 Å². The summed E-state index contributed by atoms with van der Waals surface area (Å²) in [6.07, 6.45) is 4.95. The SMILES string of the molecule is COCCOCCCNCCCCCBr. The van der Waals surface area contributed by atoms with Crippen molar-refractivity contribution in [1.29, 1.82) is 0 Å². The van der Waals surface area contributed by atoms with Gasteiger partial charge in [0.25, 0.3) is 0 Å². The van der Waals surface area contributed by atoms with Crippen molar-refractivity contribution in [2.75, 3.05) is 45.4 Å². The summed E-state index contributed by atoms with van der Waals surface area (Å²) in [6, 6.07) is 0. The molecule has 0 atom stereocenters. The third-order valence-electron chi connectivity index (χ3n) is 2.06. The lowest BCUT2D eigenvalue weighted by molar-refractivity contribution is 0.0695.